The van der Waals surface area contributed by atoms with Gasteiger partial charge in [0.25, 0.3) is 0 Å². The molecule has 0 atom stereocenters. The fourth-order valence-electron chi connectivity index (χ4n) is 3.82. The lowest BCUT2D eigenvalue weighted by atomic mass is 10.0. The van der Waals surface area contributed by atoms with Crippen LogP contribution in [0.2, 0.25) is 0 Å². The van der Waals surface area contributed by atoms with Gasteiger partial charge in [-0.3, -0.25) is 4.79 Å². The molecule has 134 valence electrons. The molecule has 2 aliphatic heterocycles. The monoisotopic (exact) mass is 349 g/mol. The second-order valence-corrected chi connectivity index (χ2v) is 6.88. The molecule has 5 nitrogen and oxygen atoms in total. The Morgan fingerprint density at radius 3 is 2.46 bits per heavy atom. The third kappa shape index (κ3) is 3.29. The highest BCUT2D eigenvalue weighted by atomic mass is 16.2. The number of hydrogen-bond acceptors (Lipinski definition) is 2. The molecule has 0 saturated carbocycles. The van der Waals surface area contributed by atoms with Gasteiger partial charge in [0.05, 0.1) is 6.54 Å². The van der Waals surface area contributed by atoms with Gasteiger partial charge in [-0.05, 0) is 42.0 Å². The SMILES string of the molecule is O=C(NCC(=O)N1CCCc2ccccc21)N1CCc2ccccc2C1. The largest absolute Gasteiger partial charge is 0.329 e. The van der Waals surface area contributed by atoms with Crippen molar-refractivity contribution in [3.8, 4) is 0 Å². The number of aryl methyl sites for hydroxylation is 1. The highest BCUT2D eigenvalue weighted by molar-refractivity contribution is 5.97. The number of para-hydroxylation sites is 1. The molecular formula is C21H23N3O2. The van der Waals surface area contributed by atoms with Crippen molar-refractivity contribution in [1.29, 1.82) is 0 Å². The van der Waals surface area contributed by atoms with E-state index in [-0.39, 0.29) is 18.5 Å². The molecule has 0 aromatic heterocycles. The first-order chi connectivity index (χ1) is 12.7. The number of carbonyl (C=O) groups excluding carboxylic acids is 2. The standard InChI is InChI=1S/C21H23N3O2/c25-20(24-12-5-9-17-7-3-4-10-19(17)24)14-22-21(26)23-13-11-16-6-1-2-8-18(16)15-23/h1-4,6-8,10H,5,9,11-15H2,(H,22,26). The molecule has 0 saturated heterocycles. The number of nitrogens with zero attached hydrogens (tertiary/aromatic N) is 2. The molecule has 3 amide bonds. The van der Waals surface area contributed by atoms with E-state index in [0.29, 0.717) is 19.6 Å². The van der Waals surface area contributed by atoms with Gasteiger partial charge >= 0.3 is 6.03 Å². The van der Waals surface area contributed by atoms with Gasteiger partial charge in [0.2, 0.25) is 5.91 Å². The third-order valence-electron chi connectivity index (χ3n) is 5.22. The number of anilines is 1. The summed E-state index contributed by atoms with van der Waals surface area (Å²) in [4.78, 5) is 28.7. The van der Waals surface area contributed by atoms with E-state index in [0.717, 1.165) is 24.9 Å². The predicted molar refractivity (Wildman–Crippen MR) is 101 cm³/mol. The Balaban J connectivity index is 1.36. The van der Waals surface area contributed by atoms with Gasteiger partial charge in [-0.1, -0.05) is 42.5 Å². The van der Waals surface area contributed by atoms with E-state index < -0.39 is 0 Å². The number of hydrogen-bond donors (Lipinski definition) is 1. The predicted octanol–water partition coefficient (Wildman–Crippen LogP) is 2.73. The van der Waals surface area contributed by atoms with Crippen LogP contribution < -0.4 is 10.2 Å². The van der Waals surface area contributed by atoms with E-state index in [1.165, 1.54) is 16.7 Å². The van der Waals surface area contributed by atoms with Crippen LogP contribution in [-0.4, -0.2) is 36.5 Å². The van der Waals surface area contributed by atoms with Crippen LogP contribution in [0.1, 0.15) is 23.1 Å². The molecular weight excluding hydrogens is 326 g/mol. The van der Waals surface area contributed by atoms with Gasteiger partial charge in [0.1, 0.15) is 0 Å². The van der Waals surface area contributed by atoms with Crippen molar-refractivity contribution in [2.45, 2.75) is 25.8 Å². The molecule has 0 unspecified atom stereocenters. The molecule has 0 fully saturated rings. The Hall–Kier alpha value is -2.82. The molecule has 2 aromatic carbocycles. The van der Waals surface area contributed by atoms with Crippen LogP contribution in [0.15, 0.2) is 48.5 Å². The summed E-state index contributed by atoms with van der Waals surface area (Å²) in [6.45, 7) is 2.03. The van der Waals surface area contributed by atoms with Crippen LogP contribution in [0.25, 0.3) is 0 Å². The minimum Gasteiger partial charge on any atom is -0.329 e. The number of carbonyl (C=O) groups is 2. The summed E-state index contributed by atoms with van der Waals surface area (Å²) in [6.07, 6.45) is 2.82. The smallest absolute Gasteiger partial charge is 0.318 e. The van der Waals surface area contributed by atoms with Gasteiger partial charge < -0.3 is 15.1 Å². The topological polar surface area (TPSA) is 52.7 Å². The normalized spacial score (nSPS) is 15.8. The second kappa shape index (κ2) is 7.20. The van der Waals surface area contributed by atoms with E-state index in [1.54, 1.807) is 9.80 Å². The van der Waals surface area contributed by atoms with Crippen LogP contribution in [0.5, 0.6) is 0 Å². The van der Waals surface area contributed by atoms with Crippen molar-refractivity contribution in [3.05, 3.63) is 65.2 Å². The zero-order valence-corrected chi connectivity index (χ0v) is 14.8. The fraction of sp³-hybridized carbons (Fsp3) is 0.333. The molecule has 2 aromatic rings. The zero-order valence-electron chi connectivity index (χ0n) is 14.8. The van der Waals surface area contributed by atoms with E-state index in [4.69, 9.17) is 0 Å². The lowest BCUT2D eigenvalue weighted by Gasteiger charge is -2.31. The second-order valence-electron chi connectivity index (χ2n) is 6.88. The van der Waals surface area contributed by atoms with E-state index >= 15 is 0 Å². The van der Waals surface area contributed by atoms with Crippen molar-refractivity contribution in [2.75, 3.05) is 24.5 Å². The molecule has 26 heavy (non-hydrogen) atoms. The first-order valence-corrected chi connectivity index (χ1v) is 9.20. The van der Waals surface area contributed by atoms with Gasteiger partial charge in [-0.2, -0.15) is 0 Å². The zero-order chi connectivity index (χ0) is 17.9. The van der Waals surface area contributed by atoms with Gasteiger partial charge in [0.15, 0.2) is 0 Å². The maximum Gasteiger partial charge on any atom is 0.318 e. The van der Waals surface area contributed by atoms with Gasteiger partial charge in [-0.25, -0.2) is 4.79 Å². The van der Waals surface area contributed by atoms with E-state index in [1.807, 2.05) is 30.3 Å². The summed E-state index contributed by atoms with van der Waals surface area (Å²) < 4.78 is 0. The summed E-state index contributed by atoms with van der Waals surface area (Å²) in [5.41, 5.74) is 4.67. The number of nitrogens with one attached hydrogen (secondary N) is 1. The first kappa shape index (κ1) is 16.6. The Morgan fingerprint density at radius 2 is 1.62 bits per heavy atom. The molecule has 0 spiro atoms. The number of rotatable bonds is 2. The molecule has 0 bridgehead atoms. The number of amides is 3. The Kier molecular flexibility index (Phi) is 4.61. The Bertz CT molecular complexity index is 834. The first-order valence-electron chi connectivity index (χ1n) is 9.20. The minimum atomic E-state index is -0.168. The minimum absolute atomic E-state index is 0.0331. The summed E-state index contributed by atoms with van der Waals surface area (Å²) in [5, 5.41) is 2.81. The quantitative estimate of drug-likeness (QED) is 0.906. The molecule has 2 heterocycles. The molecule has 4 rings (SSSR count). The molecule has 0 aliphatic carbocycles. The molecule has 2 aliphatic rings. The van der Waals surface area contributed by atoms with Crippen molar-refractivity contribution < 1.29 is 9.59 Å². The van der Waals surface area contributed by atoms with Crippen LogP contribution in [-0.2, 0) is 24.2 Å². The number of fused-ring (bicyclic) bond motifs is 2. The van der Waals surface area contributed by atoms with Gasteiger partial charge in [-0.15, -0.1) is 0 Å². The van der Waals surface area contributed by atoms with Crippen molar-refractivity contribution in [2.24, 2.45) is 0 Å². The van der Waals surface area contributed by atoms with Crippen LogP contribution in [0, 0.1) is 0 Å². The van der Waals surface area contributed by atoms with E-state index in [2.05, 4.69) is 23.5 Å². The van der Waals surface area contributed by atoms with Crippen molar-refractivity contribution in [3.63, 3.8) is 0 Å². The van der Waals surface area contributed by atoms with Crippen LogP contribution >= 0.6 is 0 Å². The van der Waals surface area contributed by atoms with E-state index in [9.17, 15) is 9.59 Å². The summed E-state index contributed by atoms with van der Waals surface area (Å²) in [7, 11) is 0. The van der Waals surface area contributed by atoms with Crippen LogP contribution in [0.4, 0.5) is 10.5 Å². The molecule has 5 heteroatoms. The Labute approximate surface area is 153 Å². The van der Waals surface area contributed by atoms with Gasteiger partial charge in [0, 0.05) is 25.3 Å². The molecule has 1 N–H and O–H groups in total. The third-order valence-corrected chi connectivity index (χ3v) is 5.22. The average Bonchev–Trinajstić information content (AvgIpc) is 2.71. The highest BCUT2D eigenvalue weighted by Gasteiger charge is 2.24. The Morgan fingerprint density at radius 1 is 0.885 bits per heavy atom. The van der Waals surface area contributed by atoms with Crippen molar-refractivity contribution in [1.82, 2.24) is 10.2 Å². The maximum absolute atomic E-state index is 12.6. The molecule has 0 radical (unpaired) electrons. The van der Waals surface area contributed by atoms with Crippen LogP contribution in [0.3, 0.4) is 0 Å². The lowest BCUT2D eigenvalue weighted by Crippen LogP contribution is -2.47. The van der Waals surface area contributed by atoms with Crippen molar-refractivity contribution >= 4 is 17.6 Å². The fourth-order valence-corrected chi connectivity index (χ4v) is 3.82. The number of urea groups is 1. The highest BCUT2D eigenvalue weighted by Crippen LogP contribution is 2.26. The lowest BCUT2D eigenvalue weighted by molar-refractivity contribution is -0.117. The summed E-state index contributed by atoms with van der Waals surface area (Å²) in [5.74, 6) is -0.0529. The summed E-state index contributed by atoms with van der Waals surface area (Å²) in [6, 6.07) is 16.0. The summed E-state index contributed by atoms with van der Waals surface area (Å²) >= 11 is 0. The average molecular weight is 349 g/mol. The maximum atomic E-state index is 12.6. The number of benzene rings is 2.